The van der Waals surface area contributed by atoms with Crippen molar-refractivity contribution in [1.29, 1.82) is 0 Å². The molecule has 0 saturated carbocycles. The second-order valence-corrected chi connectivity index (χ2v) is 6.19. The van der Waals surface area contributed by atoms with Crippen molar-refractivity contribution in [2.24, 2.45) is 5.92 Å². The lowest BCUT2D eigenvalue weighted by Gasteiger charge is -2.34. The molecule has 142 valence electrons. The molecule has 0 bridgehead atoms. The molecule has 1 aliphatic rings. The van der Waals surface area contributed by atoms with Crippen LogP contribution in [0, 0.1) is 17.8 Å². The van der Waals surface area contributed by atoms with Crippen LogP contribution in [0.5, 0.6) is 0 Å². The minimum Gasteiger partial charge on any atom is -0.391 e. The Bertz CT molecular complexity index is 771. The fourth-order valence-electron chi connectivity index (χ4n) is 2.47. The monoisotopic (exact) mass is 371 g/mol. The number of likely N-dealkylation sites (tertiary alicyclic amines) is 1. The number of aliphatic hydroxyl groups is 1. The summed E-state index contributed by atoms with van der Waals surface area (Å²) in [6.45, 7) is 2.76. The number of nitrogens with zero attached hydrogens (tertiary/aromatic N) is 1. The first-order chi connectivity index (χ1) is 12.9. The van der Waals surface area contributed by atoms with Gasteiger partial charge in [-0.2, -0.15) is 0 Å². The van der Waals surface area contributed by atoms with Crippen LogP contribution in [0.15, 0.2) is 36.4 Å². The van der Waals surface area contributed by atoms with Gasteiger partial charge in [-0.1, -0.05) is 17.9 Å². The van der Waals surface area contributed by atoms with E-state index in [-0.39, 0.29) is 5.56 Å². The van der Waals surface area contributed by atoms with E-state index in [4.69, 9.17) is 5.21 Å². The second kappa shape index (κ2) is 9.52. The van der Waals surface area contributed by atoms with Crippen LogP contribution in [0.4, 0.5) is 0 Å². The summed E-state index contributed by atoms with van der Waals surface area (Å²) in [4.78, 5) is 35.8. The van der Waals surface area contributed by atoms with Crippen LogP contribution in [-0.2, 0) is 9.59 Å². The number of rotatable bonds is 6. The Morgan fingerprint density at radius 3 is 2.52 bits per heavy atom. The summed E-state index contributed by atoms with van der Waals surface area (Å²) in [5.74, 6) is 4.71. The Morgan fingerprint density at radius 1 is 1.30 bits per heavy atom. The van der Waals surface area contributed by atoms with Crippen molar-refractivity contribution in [3.8, 4) is 11.8 Å². The summed E-state index contributed by atoms with van der Waals surface area (Å²) in [5.41, 5.74) is 2.40. The third-order valence-corrected chi connectivity index (χ3v) is 4.06. The fourth-order valence-corrected chi connectivity index (χ4v) is 2.47. The molecule has 1 aromatic rings. The third kappa shape index (κ3) is 5.67. The van der Waals surface area contributed by atoms with Gasteiger partial charge in [0.1, 0.15) is 6.04 Å². The van der Waals surface area contributed by atoms with Gasteiger partial charge in [0, 0.05) is 30.1 Å². The average molecular weight is 371 g/mol. The van der Waals surface area contributed by atoms with Gasteiger partial charge in [-0.3, -0.25) is 19.6 Å². The summed E-state index contributed by atoms with van der Waals surface area (Å²) >= 11 is 0. The molecule has 1 aliphatic heterocycles. The van der Waals surface area contributed by atoms with Crippen LogP contribution < -0.4 is 10.8 Å². The highest BCUT2D eigenvalue weighted by molar-refractivity contribution is 5.97. The summed E-state index contributed by atoms with van der Waals surface area (Å²) in [5, 5.41) is 20.5. The summed E-state index contributed by atoms with van der Waals surface area (Å²) in [6, 6.07) is 5.15. The first-order valence-corrected chi connectivity index (χ1v) is 8.35. The Kier molecular flexibility index (Phi) is 7.11. The second-order valence-electron chi connectivity index (χ2n) is 6.19. The minimum absolute atomic E-state index is 0.288. The molecule has 0 spiro atoms. The highest BCUT2D eigenvalue weighted by atomic mass is 16.5. The van der Waals surface area contributed by atoms with E-state index in [0.29, 0.717) is 24.6 Å². The number of allylic oxidation sites excluding steroid dienone is 1. The number of carbonyl (C=O) groups is 3. The molecule has 1 fully saturated rings. The molecule has 4 N–H and O–H groups in total. The van der Waals surface area contributed by atoms with Gasteiger partial charge in [0.15, 0.2) is 0 Å². The lowest BCUT2D eigenvalue weighted by molar-refractivity contribution is -0.133. The molecular weight excluding hydrogens is 350 g/mol. The van der Waals surface area contributed by atoms with Crippen molar-refractivity contribution in [2.75, 3.05) is 13.1 Å². The smallest absolute Gasteiger partial charge is 0.268 e. The van der Waals surface area contributed by atoms with Gasteiger partial charge in [0.25, 0.3) is 11.8 Å². The zero-order chi connectivity index (χ0) is 19.8. The Morgan fingerprint density at radius 2 is 1.96 bits per heavy atom. The highest BCUT2D eigenvalue weighted by Gasteiger charge is 2.25. The minimum atomic E-state index is -1.27. The number of aliphatic hydroxyl groups excluding tert-OH is 1. The largest absolute Gasteiger partial charge is 0.391 e. The summed E-state index contributed by atoms with van der Waals surface area (Å²) < 4.78 is 0. The van der Waals surface area contributed by atoms with Crippen molar-refractivity contribution in [3.05, 3.63) is 47.5 Å². The van der Waals surface area contributed by atoms with Gasteiger partial charge in [0.2, 0.25) is 6.41 Å². The zero-order valence-corrected chi connectivity index (χ0v) is 14.8. The molecule has 0 aliphatic carbocycles. The van der Waals surface area contributed by atoms with Crippen molar-refractivity contribution in [2.45, 2.75) is 19.1 Å². The SMILES string of the molecule is C[C@@H](O)[C@H](NC(=O)c1ccc(C#CC=CC2CN(C=O)C2)cc1)C(=O)NO. The van der Waals surface area contributed by atoms with Crippen LogP contribution in [0.2, 0.25) is 0 Å². The van der Waals surface area contributed by atoms with Crippen molar-refractivity contribution < 1.29 is 24.7 Å². The van der Waals surface area contributed by atoms with Crippen molar-refractivity contribution in [3.63, 3.8) is 0 Å². The average Bonchev–Trinajstić information content (AvgIpc) is 2.63. The number of nitrogens with one attached hydrogen (secondary N) is 2. The summed E-state index contributed by atoms with van der Waals surface area (Å²) in [6.07, 6.45) is 3.35. The summed E-state index contributed by atoms with van der Waals surface area (Å²) in [7, 11) is 0. The molecule has 27 heavy (non-hydrogen) atoms. The van der Waals surface area contributed by atoms with Gasteiger partial charge in [-0.25, -0.2) is 5.48 Å². The molecule has 1 aromatic carbocycles. The van der Waals surface area contributed by atoms with Crippen molar-refractivity contribution in [1.82, 2.24) is 15.7 Å². The van der Waals surface area contributed by atoms with Gasteiger partial charge >= 0.3 is 0 Å². The molecule has 1 saturated heterocycles. The Hall–Kier alpha value is -3.15. The van der Waals surface area contributed by atoms with Gasteiger partial charge in [-0.05, 0) is 37.3 Å². The number of hydrogen-bond acceptors (Lipinski definition) is 5. The molecule has 3 amide bonds. The molecule has 1 heterocycles. The number of hydrogen-bond donors (Lipinski definition) is 4. The van der Waals surface area contributed by atoms with Gasteiger partial charge in [-0.15, -0.1) is 0 Å². The number of benzene rings is 1. The number of carbonyl (C=O) groups excluding carboxylic acids is 3. The van der Waals surface area contributed by atoms with Crippen molar-refractivity contribution >= 4 is 18.2 Å². The maximum atomic E-state index is 12.2. The molecule has 2 atom stereocenters. The van der Waals surface area contributed by atoms with E-state index in [9.17, 15) is 19.5 Å². The maximum Gasteiger partial charge on any atom is 0.268 e. The molecule has 2 rings (SSSR count). The predicted molar refractivity (Wildman–Crippen MR) is 96.5 cm³/mol. The topological polar surface area (TPSA) is 119 Å². The third-order valence-electron chi connectivity index (χ3n) is 4.06. The molecule has 0 radical (unpaired) electrons. The lowest BCUT2D eigenvalue weighted by atomic mass is 10.0. The first-order valence-electron chi connectivity index (χ1n) is 8.35. The first kappa shape index (κ1) is 20.2. The number of hydroxylamine groups is 1. The molecule has 0 unspecified atom stereocenters. The quantitative estimate of drug-likeness (QED) is 0.236. The zero-order valence-electron chi connectivity index (χ0n) is 14.8. The standard InChI is InChI=1S/C19H21N3O5/c1-13(24)17(19(26)21-27)20-18(25)16-8-6-14(7-9-16)4-2-3-5-15-10-22(11-15)12-23/h3,5-9,12-13,15,17,24,27H,10-11H2,1H3,(H,20,25)(H,21,26)/t13-,17+/m1/s1. The van der Waals surface area contributed by atoms with E-state index in [1.165, 1.54) is 12.4 Å². The number of amides is 3. The van der Waals surface area contributed by atoms with E-state index >= 15 is 0 Å². The molecule has 0 aromatic heterocycles. The van der Waals surface area contributed by atoms with Crippen LogP contribution in [0.1, 0.15) is 22.8 Å². The van der Waals surface area contributed by atoms with Crippen LogP contribution in [0.3, 0.4) is 0 Å². The van der Waals surface area contributed by atoms with E-state index < -0.39 is 24.0 Å². The molecular formula is C19H21N3O5. The lowest BCUT2D eigenvalue weighted by Crippen LogP contribution is -2.51. The van der Waals surface area contributed by atoms with Crippen LogP contribution >= 0.6 is 0 Å². The van der Waals surface area contributed by atoms with Crippen LogP contribution in [0.25, 0.3) is 0 Å². The predicted octanol–water partition coefficient (Wildman–Crippen LogP) is -0.333. The maximum absolute atomic E-state index is 12.2. The van der Waals surface area contributed by atoms with Gasteiger partial charge < -0.3 is 15.3 Å². The van der Waals surface area contributed by atoms with Gasteiger partial charge in [0.05, 0.1) is 6.10 Å². The normalized spacial score (nSPS) is 15.9. The van der Waals surface area contributed by atoms with E-state index in [2.05, 4.69) is 17.2 Å². The van der Waals surface area contributed by atoms with E-state index in [1.807, 2.05) is 6.08 Å². The molecule has 8 heteroatoms. The molecule has 8 nitrogen and oxygen atoms in total. The Labute approximate surface area is 156 Å². The van der Waals surface area contributed by atoms with E-state index in [1.54, 1.807) is 35.2 Å². The Balaban J connectivity index is 1.92. The fraction of sp³-hybridized carbons (Fsp3) is 0.316. The van der Waals surface area contributed by atoms with E-state index in [0.717, 1.165) is 6.41 Å². The van der Waals surface area contributed by atoms with Crippen LogP contribution in [-0.4, -0.2) is 58.7 Å². The highest BCUT2D eigenvalue weighted by Crippen LogP contribution is 2.13.